The average molecular weight is 438 g/mol. The second-order valence-corrected chi connectivity index (χ2v) is 7.13. The van der Waals surface area contributed by atoms with Crippen molar-refractivity contribution in [3.05, 3.63) is 53.6 Å². The highest BCUT2D eigenvalue weighted by Gasteiger charge is 2.08. The Labute approximate surface area is 190 Å². The Balaban J connectivity index is 1.84. The molecule has 0 aliphatic carbocycles. The summed E-state index contributed by atoms with van der Waals surface area (Å²) in [6, 6.07) is 15.3. The van der Waals surface area contributed by atoms with Crippen molar-refractivity contribution in [2.24, 2.45) is 0 Å². The van der Waals surface area contributed by atoms with E-state index in [2.05, 4.69) is 6.07 Å². The van der Waals surface area contributed by atoms with Gasteiger partial charge in [-0.1, -0.05) is 25.0 Å². The zero-order valence-corrected chi connectivity index (χ0v) is 19.1. The monoisotopic (exact) mass is 437 g/mol. The van der Waals surface area contributed by atoms with E-state index >= 15 is 0 Å². The van der Waals surface area contributed by atoms with Gasteiger partial charge in [-0.05, 0) is 67.3 Å². The largest absolute Gasteiger partial charge is 0.494 e. The summed E-state index contributed by atoms with van der Waals surface area (Å²) in [5, 5.41) is 9.61. The molecule has 0 radical (unpaired) electrons. The highest BCUT2D eigenvalue weighted by molar-refractivity contribution is 5.90. The molecule has 6 heteroatoms. The summed E-state index contributed by atoms with van der Waals surface area (Å²) >= 11 is 0. The second-order valence-electron chi connectivity index (χ2n) is 7.13. The lowest BCUT2D eigenvalue weighted by molar-refractivity contribution is -0.143. The minimum atomic E-state index is -0.122. The maximum atomic E-state index is 11.3. The molecule has 0 heterocycles. The van der Waals surface area contributed by atoms with Gasteiger partial charge in [0.1, 0.15) is 5.75 Å². The van der Waals surface area contributed by atoms with Crippen LogP contribution in [0.4, 0.5) is 0 Å². The molecule has 0 fully saturated rings. The summed E-state index contributed by atoms with van der Waals surface area (Å²) in [5.74, 6) is 1.87. The van der Waals surface area contributed by atoms with E-state index in [1.165, 1.54) is 0 Å². The molecule has 2 aromatic carbocycles. The van der Waals surface area contributed by atoms with Gasteiger partial charge in [0, 0.05) is 6.42 Å². The van der Waals surface area contributed by atoms with Crippen LogP contribution in [0.3, 0.4) is 0 Å². The van der Waals surface area contributed by atoms with Crippen molar-refractivity contribution in [3.63, 3.8) is 0 Å². The number of nitriles is 1. The van der Waals surface area contributed by atoms with Gasteiger partial charge in [0.2, 0.25) is 0 Å². The number of methoxy groups -OCH3 is 2. The Hall–Kier alpha value is -3.46. The van der Waals surface area contributed by atoms with Crippen molar-refractivity contribution in [1.29, 1.82) is 5.26 Å². The van der Waals surface area contributed by atoms with Crippen LogP contribution in [0.15, 0.2) is 42.5 Å². The number of esters is 1. The van der Waals surface area contributed by atoms with E-state index in [0.717, 1.165) is 42.6 Å². The van der Waals surface area contributed by atoms with Gasteiger partial charge in [-0.15, -0.1) is 0 Å². The first-order valence-corrected chi connectivity index (χ1v) is 10.8. The van der Waals surface area contributed by atoms with Gasteiger partial charge >= 0.3 is 5.97 Å². The number of rotatable bonds is 13. The molecule has 0 unspecified atom stereocenters. The number of carbonyl (C=O) groups is 1. The smallest absolute Gasteiger partial charge is 0.305 e. The molecule has 0 N–H and O–H groups in total. The van der Waals surface area contributed by atoms with Crippen LogP contribution < -0.4 is 14.2 Å². The summed E-state index contributed by atoms with van der Waals surface area (Å²) < 4.78 is 21.3. The fourth-order valence-electron chi connectivity index (χ4n) is 3.16. The van der Waals surface area contributed by atoms with E-state index in [1.54, 1.807) is 26.4 Å². The van der Waals surface area contributed by atoms with Crippen molar-refractivity contribution in [1.82, 2.24) is 0 Å². The maximum absolute atomic E-state index is 11.3. The molecule has 2 aromatic rings. The van der Waals surface area contributed by atoms with Gasteiger partial charge in [0.05, 0.1) is 39.1 Å². The van der Waals surface area contributed by atoms with E-state index < -0.39 is 0 Å². The highest BCUT2D eigenvalue weighted by Crippen LogP contribution is 2.31. The molecule has 0 aliphatic rings. The number of allylic oxidation sites excluding steroid dienone is 1. The summed E-state index contributed by atoms with van der Waals surface area (Å²) in [6.45, 7) is 2.89. The van der Waals surface area contributed by atoms with Gasteiger partial charge in [-0.2, -0.15) is 5.26 Å². The number of benzene rings is 2. The Morgan fingerprint density at radius 3 is 2.34 bits per heavy atom. The number of unbranched alkanes of at least 4 members (excludes halogenated alkanes) is 3. The molecule has 0 atom stereocenters. The third-order valence-corrected chi connectivity index (χ3v) is 4.86. The first-order chi connectivity index (χ1) is 15.6. The summed E-state index contributed by atoms with van der Waals surface area (Å²) in [7, 11) is 3.15. The predicted octanol–water partition coefficient (Wildman–Crippen LogP) is 5.66. The number of hydrogen-bond acceptors (Lipinski definition) is 6. The van der Waals surface area contributed by atoms with Crippen LogP contribution in [0.2, 0.25) is 0 Å². The Morgan fingerprint density at radius 2 is 1.69 bits per heavy atom. The van der Waals surface area contributed by atoms with Crippen molar-refractivity contribution < 1.29 is 23.7 Å². The zero-order valence-electron chi connectivity index (χ0n) is 19.1. The fraction of sp³-hybridized carbons (Fsp3) is 0.385. The van der Waals surface area contributed by atoms with Crippen molar-refractivity contribution in [2.45, 2.75) is 39.0 Å². The number of carbonyl (C=O) groups excluding carboxylic acids is 1. The standard InChI is InChI=1S/C26H31NO5/c1-4-31-26(28)9-7-5-6-8-16-32-23-13-10-20(11-14-23)17-22(19-27)21-12-15-24(29-2)25(18-21)30-3/h10-15,17-18H,4-9,16H2,1-3H3/b22-17+. The minimum Gasteiger partial charge on any atom is -0.494 e. The lowest BCUT2D eigenvalue weighted by Gasteiger charge is -2.09. The molecule has 0 aliphatic heterocycles. The van der Waals surface area contributed by atoms with Crippen molar-refractivity contribution in [3.8, 4) is 23.3 Å². The first-order valence-electron chi connectivity index (χ1n) is 10.8. The van der Waals surface area contributed by atoms with Crippen LogP contribution >= 0.6 is 0 Å². The topological polar surface area (TPSA) is 77.8 Å². The molecule has 0 spiro atoms. The Kier molecular flexibility index (Phi) is 10.7. The third kappa shape index (κ3) is 7.99. The van der Waals surface area contributed by atoms with Gasteiger partial charge < -0.3 is 18.9 Å². The highest BCUT2D eigenvalue weighted by atomic mass is 16.5. The summed E-state index contributed by atoms with van der Waals surface area (Å²) in [4.78, 5) is 11.3. The third-order valence-electron chi connectivity index (χ3n) is 4.86. The molecule has 2 rings (SSSR count). The Bertz CT molecular complexity index is 928. The van der Waals surface area contributed by atoms with Gasteiger partial charge in [-0.3, -0.25) is 4.79 Å². The molecule has 6 nitrogen and oxygen atoms in total. The van der Waals surface area contributed by atoms with Crippen molar-refractivity contribution in [2.75, 3.05) is 27.4 Å². The number of nitrogens with zero attached hydrogens (tertiary/aromatic N) is 1. The van der Waals surface area contributed by atoms with E-state index in [0.29, 0.717) is 36.7 Å². The molecular weight excluding hydrogens is 406 g/mol. The van der Waals surface area contributed by atoms with Crippen LogP contribution in [0.25, 0.3) is 11.6 Å². The van der Waals surface area contributed by atoms with E-state index in [1.807, 2.05) is 43.3 Å². The first kappa shape index (κ1) is 24.8. The van der Waals surface area contributed by atoms with E-state index in [-0.39, 0.29) is 5.97 Å². The SMILES string of the molecule is CCOC(=O)CCCCCCOc1ccc(/C=C(\C#N)c2ccc(OC)c(OC)c2)cc1. The van der Waals surface area contributed by atoms with Crippen LogP contribution in [0.1, 0.15) is 50.2 Å². The molecule has 0 saturated heterocycles. The van der Waals surface area contributed by atoms with Gasteiger partial charge in [0.25, 0.3) is 0 Å². The summed E-state index contributed by atoms with van der Waals surface area (Å²) in [5.41, 5.74) is 2.19. The van der Waals surface area contributed by atoms with Crippen LogP contribution in [-0.4, -0.2) is 33.4 Å². The van der Waals surface area contributed by atoms with Crippen LogP contribution in [-0.2, 0) is 9.53 Å². The fourth-order valence-corrected chi connectivity index (χ4v) is 3.16. The number of ether oxygens (including phenoxy) is 4. The molecule has 0 bridgehead atoms. The molecule has 170 valence electrons. The summed E-state index contributed by atoms with van der Waals surface area (Å²) in [6.07, 6.45) is 6.09. The minimum absolute atomic E-state index is 0.122. The van der Waals surface area contributed by atoms with E-state index in [9.17, 15) is 10.1 Å². The molecule has 0 amide bonds. The van der Waals surface area contributed by atoms with Crippen LogP contribution in [0, 0.1) is 11.3 Å². The normalized spacial score (nSPS) is 10.9. The lowest BCUT2D eigenvalue weighted by atomic mass is 10.0. The molecular formula is C26H31NO5. The van der Waals surface area contributed by atoms with Gasteiger partial charge in [0.15, 0.2) is 11.5 Å². The van der Waals surface area contributed by atoms with E-state index in [4.69, 9.17) is 18.9 Å². The zero-order chi connectivity index (χ0) is 23.2. The van der Waals surface area contributed by atoms with Crippen molar-refractivity contribution >= 4 is 17.6 Å². The average Bonchev–Trinajstić information content (AvgIpc) is 2.82. The molecule has 32 heavy (non-hydrogen) atoms. The lowest BCUT2D eigenvalue weighted by Crippen LogP contribution is -2.03. The van der Waals surface area contributed by atoms with Gasteiger partial charge in [-0.25, -0.2) is 0 Å². The maximum Gasteiger partial charge on any atom is 0.305 e. The molecule has 0 saturated carbocycles. The second kappa shape index (κ2) is 13.8. The quantitative estimate of drug-likeness (QED) is 0.174. The predicted molar refractivity (Wildman–Crippen MR) is 125 cm³/mol. The Morgan fingerprint density at radius 1 is 0.969 bits per heavy atom. The molecule has 0 aromatic heterocycles. The number of hydrogen-bond donors (Lipinski definition) is 0. The van der Waals surface area contributed by atoms with Crippen LogP contribution in [0.5, 0.6) is 17.2 Å².